The fraction of sp³-hybridized carbons (Fsp3) is 0.269. The van der Waals surface area contributed by atoms with Crippen molar-refractivity contribution in [3.63, 3.8) is 0 Å². The predicted octanol–water partition coefficient (Wildman–Crippen LogP) is 4.14. The van der Waals surface area contributed by atoms with Gasteiger partial charge in [-0.1, -0.05) is 54.2 Å². The first-order valence-electron chi connectivity index (χ1n) is 11.2. The van der Waals surface area contributed by atoms with Gasteiger partial charge in [-0.25, -0.2) is 14.4 Å². The number of methoxy groups -OCH3 is 1. The van der Waals surface area contributed by atoms with Crippen molar-refractivity contribution in [1.29, 1.82) is 0 Å². The molecular weight excluding hydrogens is 469 g/mol. The van der Waals surface area contributed by atoms with E-state index in [0.717, 1.165) is 29.3 Å². The second-order valence-electron chi connectivity index (χ2n) is 8.11. The van der Waals surface area contributed by atoms with Gasteiger partial charge in [-0.15, -0.1) is 0 Å². The molecule has 2 aromatic carbocycles. The van der Waals surface area contributed by atoms with Crippen molar-refractivity contribution in [3.05, 3.63) is 77.9 Å². The lowest BCUT2D eigenvalue weighted by Crippen LogP contribution is -2.43. The van der Waals surface area contributed by atoms with Crippen LogP contribution in [0.3, 0.4) is 0 Å². The Morgan fingerprint density at radius 3 is 2.57 bits per heavy atom. The predicted molar refractivity (Wildman–Crippen MR) is 129 cm³/mol. The number of esters is 1. The third-order valence-electron chi connectivity index (χ3n) is 5.82. The molecular formula is C26H24FN3O4S. The summed E-state index contributed by atoms with van der Waals surface area (Å²) in [6.07, 6.45) is 3.12. The Kier molecular flexibility index (Phi) is 7.87. The van der Waals surface area contributed by atoms with Crippen LogP contribution < -0.4 is 0 Å². The Balaban J connectivity index is 1.62. The molecule has 4 rings (SSSR count). The molecule has 3 aromatic rings. The van der Waals surface area contributed by atoms with Crippen molar-refractivity contribution < 1.29 is 23.5 Å². The van der Waals surface area contributed by atoms with Crippen molar-refractivity contribution in [2.75, 3.05) is 26.0 Å². The molecule has 0 N–H and O–H groups in total. The number of thioether (sulfide) groups is 1. The number of carbonyl (C=O) groups is 3. The minimum atomic E-state index is -0.543. The van der Waals surface area contributed by atoms with Crippen molar-refractivity contribution in [2.45, 2.75) is 23.9 Å². The van der Waals surface area contributed by atoms with E-state index < -0.39 is 17.7 Å². The van der Waals surface area contributed by atoms with Crippen LogP contribution in [0.25, 0.3) is 11.1 Å². The van der Waals surface area contributed by atoms with Crippen LogP contribution >= 0.6 is 11.8 Å². The first-order valence-corrected chi connectivity index (χ1v) is 12.2. The first-order chi connectivity index (χ1) is 17.0. The molecule has 1 saturated heterocycles. The molecule has 0 saturated carbocycles. The maximum atomic E-state index is 13.5. The standard InChI is InChI=1S/C26H24FN3O4S/c1-34-22(31)16-35-26-28-14-21(17-9-11-20(27)12-10-17)23(29-26)19-8-5-13-30(15-19)25(33)24(32)18-6-3-2-4-7-18/h2-4,6-7,9-12,14,19H,5,8,13,15-16H2,1H3/t19-/m1/s1. The number of halogens is 1. The minimum absolute atomic E-state index is 0.0622. The number of ketones is 1. The van der Waals surface area contributed by atoms with Crippen LogP contribution in [0, 0.1) is 5.82 Å². The zero-order chi connectivity index (χ0) is 24.8. The number of carbonyl (C=O) groups excluding carboxylic acids is 3. The number of piperidine rings is 1. The van der Waals surface area contributed by atoms with Gasteiger partial charge >= 0.3 is 5.97 Å². The smallest absolute Gasteiger partial charge is 0.316 e. The summed E-state index contributed by atoms with van der Waals surface area (Å²) in [6.45, 7) is 0.804. The van der Waals surface area contributed by atoms with E-state index in [1.807, 2.05) is 0 Å². The lowest BCUT2D eigenvalue weighted by atomic mass is 9.89. The van der Waals surface area contributed by atoms with Gasteiger partial charge in [-0.2, -0.15) is 0 Å². The second kappa shape index (κ2) is 11.2. The number of benzene rings is 2. The van der Waals surface area contributed by atoms with Crippen LogP contribution in [-0.2, 0) is 14.3 Å². The van der Waals surface area contributed by atoms with Gasteiger partial charge in [-0.3, -0.25) is 14.4 Å². The molecule has 1 atom stereocenters. The molecule has 7 nitrogen and oxygen atoms in total. The topological polar surface area (TPSA) is 89.5 Å². The van der Waals surface area contributed by atoms with E-state index in [9.17, 15) is 18.8 Å². The quantitative estimate of drug-likeness (QED) is 0.161. The van der Waals surface area contributed by atoms with Crippen LogP contribution in [0.5, 0.6) is 0 Å². The summed E-state index contributed by atoms with van der Waals surface area (Å²) in [5.74, 6) is -1.92. The molecule has 1 aromatic heterocycles. The van der Waals surface area contributed by atoms with E-state index in [1.165, 1.54) is 19.2 Å². The van der Waals surface area contributed by atoms with Gasteiger partial charge in [-0.05, 0) is 30.5 Å². The molecule has 9 heteroatoms. The molecule has 0 aliphatic carbocycles. The maximum absolute atomic E-state index is 13.5. The highest BCUT2D eigenvalue weighted by Crippen LogP contribution is 2.34. The van der Waals surface area contributed by atoms with Gasteiger partial charge in [0.05, 0.1) is 18.6 Å². The fourth-order valence-electron chi connectivity index (χ4n) is 4.03. The molecule has 1 amide bonds. The van der Waals surface area contributed by atoms with Crippen LogP contribution in [0.1, 0.15) is 34.8 Å². The van der Waals surface area contributed by atoms with Crippen molar-refractivity contribution in [1.82, 2.24) is 14.9 Å². The average Bonchev–Trinajstić information content (AvgIpc) is 2.91. The zero-order valence-corrected chi connectivity index (χ0v) is 20.0. The van der Waals surface area contributed by atoms with Crippen LogP contribution in [-0.4, -0.2) is 58.5 Å². The zero-order valence-electron chi connectivity index (χ0n) is 19.1. The van der Waals surface area contributed by atoms with Gasteiger partial charge in [0.15, 0.2) is 5.16 Å². The number of hydrogen-bond donors (Lipinski definition) is 0. The number of Topliss-reactive ketones (excluding diaryl/α,β-unsaturated/α-hetero) is 1. The molecule has 1 aliphatic rings. The lowest BCUT2D eigenvalue weighted by Gasteiger charge is -2.33. The number of likely N-dealkylation sites (tertiary alicyclic amines) is 1. The number of nitrogens with zero attached hydrogens (tertiary/aromatic N) is 3. The summed E-state index contributed by atoms with van der Waals surface area (Å²) < 4.78 is 18.2. The molecule has 1 aliphatic heterocycles. The Hall–Kier alpha value is -3.59. The molecule has 2 heterocycles. The number of ether oxygens (including phenoxy) is 1. The maximum Gasteiger partial charge on any atom is 0.316 e. The van der Waals surface area contributed by atoms with Crippen molar-refractivity contribution in [2.24, 2.45) is 0 Å². The summed E-state index contributed by atoms with van der Waals surface area (Å²) in [5.41, 5.74) is 2.52. The molecule has 180 valence electrons. The molecule has 0 unspecified atom stereocenters. The Morgan fingerprint density at radius 2 is 1.86 bits per heavy atom. The van der Waals surface area contributed by atoms with Crippen LogP contribution in [0.4, 0.5) is 4.39 Å². The molecule has 1 fully saturated rings. The minimum Gasteiger partial charge on any atom is -0.468 e. The van der Waals surface area contributed by atoms with E-state index in [-0.39, 0.29) is 17.5 Å². The molecule has 0 spiro atoms. The first kappa shape index (κ1) is 24.5. The average molecular weight is 494 g/mol. The number of aromatic nitrogens is 2. The SMILES string of the molecule is COC(=O)CSc1ncc(-c2ccc(F)cc2)c([C@@H]2CCCN(C(=O)C(=O)c3ccccc3)C2)n1. The Morgan fingerprint density at radius 1 is 1.11 bits per heavy atom. The van der Waals surface area contributed by atoms with Gasteiger partial charge in [0, 0.05) is 36.3 Å². The van der Waals surface area contributed by atoms with Gasteiger partial charge in [0.25, 0.3) is 5.91 Å². The summed E-state index contributed by atoms with van der Waals surface area (Å²) >= 11 is 1.16. The van der Waals surface area contributed by atoms with Gasteiger partial charge in [0.2, 0.25) is 5.78 Å². The second-order valence-corrected chi connectivity index (χ2v) is 9.05. The number of hydrogen-bond acceptors (Lipinski definition) is 7. The lowest BCUT2D eigenvalue weighted by molar-refractivity contribution is -0.137. The van der Waals surface area contributed by atoms with Gasteiger partial charge < -0.3 is 9.64 Å². The fourth-order valence-corrected chi connectivity index (χ4v) is 4.69. The summed E-state index contributed by atoms with van der Waals surface area (Å²) in [6, 6.07) is 14.5. The largest absolute Gasteiger partial charge is 0.468 e. The summed E-state index contributed by atoms with van der Waals surface area (Å²) in [4.78, 5) is 48.0. The summed E-state index contributed by atoms with van der Waals surface area (Å²) in [7, 11) is 1.32. The number of rotatable bonds is 7. The van der Waals surface area contributed by atoms with Crippen LogP contribution in [0.15, 0.2) is 66.0 Å². The molecule has 0 radical (unpaired) electrons. The summed E-state index contributed by atoms with van der Waals surface area (Å²) in [5, 5.41) is 0.403. The third-order valence-corrected chi connectivity index (χ3v) is 6.66. The van der Waals surface area contributed by atoms with Crippen molar-refractivity contribution in [3.8, 4) is 11.1 Å². The Labute approximate surface area is 206 Å². The van der Waals surface area contributed by atoms with E-state index in [2.05, 4.69) is 4.98 Å². The third kappa shape index (κ3) is 5.92. The molecule has 0 bridgehead atoms. The van der Waals surface area contributed by atoms with E-state index in [0.29, 0.717) is 35.9 Å². The van der Waals surface area contributed by atoms with Gasteiger partial charge in [0.1, 0.15) is 5.82 Å². The molecule has 35 heavy (non-hydrogen) atoms. The highest BCUT2D eigenvalue weighted by molar-refractivity contribution is 7.99. The van der Waals surface area contributed by atoms with Crippen LogP contribution in [0.2, 0.25) is 0 Å². The van der Waals surface area contributed by atoms with Crippen molar-refractivity contribution >= 4 is 29.4 Å². The Bertz CT molecular complexity index is 1220. The highest BCUT2D eigenvalue weighted by atomic mass is 32.2. The highest BCUT2D eigenvalue weighted by Gasteiger charge is 2.31. The van der Waals surface area contributed by atoms with E-state index in [4.69, 9.17) is 9.72 Å². The number of amides is 1. The van der Waals surface area contributed by atoms with E-state index in [1.54, 1.807) is 53.6 Å². The monoisotopic (exact) mass is 493 g/mol. The normalized spacial score (nSPS) is 15.5. The van der Waals surface area contributed by atoms with E-state index >= 15 is 0 Å².